The number of hydrogen-bond donors (Lipinski definition) is 2. The van der Waals surface area contributed by atoms with Gasteiger partial charge in [-0.2, -0.15) is 0 Å². The van der Waals surface area contributed by atoms with Gasteiger partial charge >= 0.3 is 0 Å². The van der Waals surface area contributed by atoms with Crippen LogP contribution in [0.1, 0.15) is 25.8 Å². The molecule has 2 N–H and O–H groups in total. The van der Waals surface area contributed by atoms with E-state index in [9.17, 15) is 5.11 Å². The molecule has 1 aliphatic carbocycles. The maximum absolute atomic E-state index is 9.73. The van der Waals surface area contributed by atoms with Crippen molar-refractivity contribution in [1.82, 2.24) is 5.32 Å². The Labute approximate surface area is 115 Å². The summed E-state index contributed by atoms with van der Waals surface area (Å²) in [6.45, 7) is 5.17. The highest BCUT2D eigenvalue weighted by Crippen LogP contribution is 2.40. The summed E-state index contributed by atoms with van der Waals surface area (Å²) in [5.41, 5.74) is 1.03. The number of ether oxygens (including phenoxy) is 1. The molecule has 2 rings (SSSR count). The Morgan fingerprint density at radius 2 is 2.21 bits per heavy atom. The third kappa shape index (κ3) is 2.91. The first-order valence-electron chi connectivity index (χ1n) is 6.61. The zero-order valence-electron chi connectivity index (χ0n) is 11.5. The summed E-state index contributed by atoms with van der Waals surface area (Å²) < 4.78 is 5.52. The fourth-order valence-electron chi connectivity index (χ4n) is 2.39. The van der Waals surface area contributed by atoms with E-state index in [4.69, 9.17) is 11.2 Å². The minimum Gasteiger partial charge on any atom is -0.481 e. The lowest BCUT2D eigenvalue weighted by Crippen LogP contribution is -2.59. The van der Waals surface area contributed by atoms with Crippen LogP contribution in [0, 0.1) is 17.8 Å². The lowest BCUT2D eigenvalue weighted by Gasteiger charge is -2.49. The zero-order valence-corrected chi connectivity index (χ0v) is 11.5. The topological polar surface area (TPSA) is 41.5 Å². The molecule has 0 radical (unpaired) electrons. The molecule has 0 amide bonds. The van der Waals surface area contributed by atoms with Gasteiger partial charge in [0.15, 0.2) is 0 Å². The average molecular weight is 259 g/mol. The Bertz CT molecular complexity index is 476. The molecular formula is C16H21NO2. The van der Waals surface area contributed by atoms with Gasteiger partial charge in [0.25, 0.3) is 0 Å². The van der Waals surface area contributed by atoms with Crippen LogP contribution in [0.4, 0.5) is 0 Å². The second-order valence-corrected chi connectivity index (χ2v) is 5.61. The molecule has 1 aromatic carbocycles. The van der Waals surface area contributed by atoms with Crippen LogP contribution >= 0.6 is 0 Å². The van der Waals surface area contributed by atoms with Gasteiger partial charge < -0.3 is 15.2 Å². The molecule has 2 atom stereocenters. The van der Waals surface area contributed by atoms with Gasteiger partial charge in [0.05, 0.1) is 6.10 Å². The quantitative estimate of drug-likeness (QED) is 0.794. The van der Waals surface area contributed by atoms with Crippen LogP contribution in [0.3, 0.4) is 0 Å². The van der Waals surface area contributed by atoms with E-state index in [1.54, 1.807) is 0 Å². The maximum Gasteiger partial charge on any atom is 0.148 e. The second kappa shape index (κ2) is 5.64. The van der Waals surface area contributed by atoms with E-state index in [0.717, 1.165) is 24.3 Å². The molecular weight excluding hydrogens is 238 g/mol. The van der Waals surface area contributed by atoms with Gasteiger partial charge in [-0.25, -0.2) is 0 Å². The molecule has 3 nitrogen and oxygen atoms in total. The molecule has 2 unspecified atom stereocenters. The number of nitrogens with one attached hydrogen (secondary N) is 1. The van der Waals surface area contributed by atoms with Crippen molar-refractivity contribution in [1.29, 1.82) is 0 Å². The van der Waals surface area contributed by atoms with Gasteiger partial charge in [0, 0.05) is 23.6 Å². The van der Waals surface area contributed by atoms with Gasteiger partial charge in [-0.1, -0.05) is 38.0 Å². The van der Waals surface area contributed by atoms with E-state index < -0.39 is 0 Å². The van der Waals surface area contributed by atoms with Gasteiger partial charge in [0.2, 0.25) is 0 Å². The molecule has 1 saturated carbocycles. The molecule has 1 aliphatic rings. The minimum absolute atomic E-state index is 0.0609. The summed E-state index contributed by atoms with van der Waals surface area (Å²) in [6.07, 6.45) is 5.81. The highest BCUT2D eigenvalue weighted by Gasteiger charge is 2.46. The van der Waals surface area contributed by atoms with E-state index >= 15 is 0 Å². The van der Waals surface area contributed by atoms with Crippen molar-refractivity contribution in [3.63, 3.8) is 0 Å². The number of aliphatic hydroxyl groups is 1. The summed E-state index contributed by atoms with van der Waals surface area (Å²) in [6, 6.07) is 8.21. The molecule has 0 bridgehead atoms. The first kappa shape index (κ1) is 13.9. The van der Waals surface area contributed by atoms with Crippen LogP contribution < -0.4 is 10.1 Å². The Balaban J connectivity index is 1.95. The van der Waals surface area contributed by atoms with E-state index in [1.165, 1.54) is 0 Å². The van der Waals surface area contributed by atoms with Crippen molar-refractivity contribution < 1.29 is 9.84 Å². The van der Waals surface area contributed by atoms with Crippen LogP contribution in [-0.4, -0.2) is 23.9 Å². The molecule has 0 spiro atoms. The van der Waals surface area contributed by atoms with Crippen LogP contribution in [0.15, 0.2) is 24.3 Å². The normalized spacial score (nSPS) is 24.3. The molecule has 0 aromatic heterocycles. The molecule has 0 aliphatic heterocycles. The standard InChI is InChI=1S/C16H21NO2/c1-4-9-19-13-8-6-5-7-12(13)11-17-14-10-15(18)16(14,2)3/h1,5-8,14-15,17-18H,9-11H2,2-3H3. The third-order valence-electron chi connectivity index (χ3n) is 4.04. The lowest BCUT2D eigenvalue weighted by atomic mass is 9.64. The van der Waals surface area contributed by atoms with Gasteiger partial charge in [-0.3, -0.25) is 0 Å². The van der Waals surface area contributed by atoms with Crippen LogP contribution in [0.25, 0.3) is 0 Å². The van der Waals surface area contributed by atoms with Crippen molar-refractivity contribution in [2.45, 2.75) is 39.0 Å². The number of terminal acetylenes is 1. The Hall–Kier alpha value is -1.50. The first-order chi connectivity index (χ1) is 9.05. The number of hydrogen-bond acceptors (Lipinski definition) is 3. The molecule has 1 aromatic rings. The summed E-state index contributed by atoms with van der Waals surface area (Å²) >= 11 is 0. The van der Waals surface area contributed by atoms with Crippen LogP contribution in [0.2, 0.25) is 0 Å². The van der Waals surface area contributed by atoms with Crippen molar-refractivity contribution in [2.24, 2.45) is 5.41 Å². The predicted molar refractivity (Wildman–Crippen MR) is 75.8 cm³/mol. The fraction of sp³-hybridized carbons (Fsp3) is 0.500. The predicted octanol–water partition coefficient (Wildman–Crippen LogP) is 1.95. The highest BCUT2D eigenvalue weighted by molar-refractivity contribution is 5.33. The first-order valence-corrected chi connectivity index (χ1v) is 6.61. The lowest BCUT2D eigenvalue weighted by molar-refractivity contribution is -0.0730. The number of aliphatic hydroxyl groups excluding tert-OH is 1. The Kier molecular flexibility index (Phi) is 4.14. The maximum atomic E-state index is 9.73. The van der Waals surface area contributed by atoms with Crippen molar-refractivity contribution in [3.8, 4) is 18.1 Å². The van der Waals surface area contributed by atoms with E-state index in [0.29, 0.717) is 6.04 Å². The Morgan fingerprint density at radius 1 is 1.47 bits per heavy atom. The smallest absolute Gasteiger partial charge is 0.148 e. The van der Waals surface area contributed by atoms with Crippen molar-refractivity contribution in [2.75, 3.05) is 6.61 Å². The summed E-state index contributed by atoms with van der Waals surface area (Å²) in [5, 5.41) is 13.2. The summed E-state index contributed by atoms with van der Waals surface area (Å²) in [5.74, 6) is 3.30. The molecule has 102 valence electrons. The Morgan fingerprint density at radius 3 is 2.84 bits per heavy atom. The number of benzene rings is 1. The molecule has 19 heavy (non-hydrogen) atoms. The van der Waals surface area contributed by atoms with Gasteiger partial charge in [0.1, 0.15) is 12.4 Å². The van der Waals surface area contributed by atoms with Crippen molar-refractivity contribution in [3.05, 3.63) is 29.8 Å². The number of para-hydroxylation sites is 1. The minimum atomic E-state index is -0.210. The SMILES string of the molecule is C#CCOc1ccccc1CNC1CC(O)C1(C)C. The molecule has 3 heteroatoms. The fourth-order valence-corrected chi connectivity index (χ4v) is 2.39. The van der Waals surface area contributed by atoms with Crippen LogP contribution in [0.5, 0.6) is 5.75 Å². The van der Waals surface area contributed by atoms with E-state index in [1.807, 2.05) is 24.3 Å². The third-order valence-corrected chi connectivity index (χ3v) is 4.04. The molecule has 0 saturated heterocycles. The largest absolute Gasteiger partial charge is 0.481 e. The van der Waals surface area contributed by atoms with E-state index in [-0.39, 0.29) is 18.1 Å². The van der Waals surface area contributed by atoms with Crippen molar-refractivity contribution >= 4 is 0 Å². The van der Waals surface area contributed by atoms with Gasteiger partial charge in [-0.05, 0) is 12.5 Å². The molecule has 0 heterocycles. The monoisotopic (exact) mass is 259 g/mol. The van der Waals surface area contributed by atoms with E-state index in [2.05, 4.69) is 25.1 Å². The zero-order chi connectivity index (χ0) is 13.9. The second-order valence-electron chi connectivity index (χ2n) is 5.61. The number of rotatable bonds is 5. The van der Waals surface area contributed by atoms with Crippen LogP contribution in [-0.2, 0) is 6.54 Å². The molecule has 1 fully saturated rings. The summed E-state index contributed by atoms with van der Waals surface area (Å²) in [7, 11) is 0. The van der Waals surface area contributed by atoms with Gasteiger partial charge in [-0.15, -0.1) is 6.42 Å². The summed E-state index contributed by atoms with van der Waals surface area (Å²) in [4.78, 5) is 0. The average Bonchev–Trinajstić information content (AvgIpc) is 2.42. The highest BCUT2D eigenvalue weighted by atomic mass is 16.5.